The van der Waals surface area contributed by atoms with Crippen LogP contribution in [0, 0.1) is 11.3 Å². The van der Waals surface area contributed by atoms with Gasteiger partial charge in [0, 0.05) is 35.1 Å². The maximum Gasteiger partial charge on any atom is 0.219 e. The van der Waals surface area contributed by atoms with Crippen LogP contribution in [0.1, 0.15) is 22.1 Å². The second-order valence-corrected chi connectivity index (χ2v) is 4.74. The first-order chi connectivity index (χ1) is 9.06. The van der Waals surface area contributed by atoms with Crippen LogP contribution in [0.2, 0.25) is 10.0 Å². The molecule has 1 aromatic carbocycles. The summed E-state index contributed by atoms with van der Waals surface area (Å²) in [6.07, 6.45) is 3.13. The molecule has 2 rings (SSSR count). The van der Waals surface area contributed by atoms with Crippen LogP contribution < -0.4 is 0 Å². The van der Waals surface area contributed by atoms with E-state index in [0.29, 0.717) is 15.6 Å². The second kappa shape index (κ2) is 5.43. The summed E-state index contributed by atoms with van der Waals surface area (Å²) >= 11 is 12.1. The third-order valence-electron chi connectivity index (χ3n) is 2.72. The molecule has 0 fully saturated rings. The summed E-state index contributed by atoms with van der Waals surface area (Å²) < 4.78 is 1.55. The van der Waals surface area contributed by atoms with E-state index in [1.54, 1.807) is 36.0 Å². The molecule has 0 amide bonds. The van der Waals surface area contributed by atoms with Crippen molar-refractivity contribution in [2.75, 3.05) is 0 Å². The molecular formula is C13H9Cl2N3O. The normalized spacial score (nSPS) is 11.9. The maximum absolute atomic E-state index is 12.3. The Morgan fingerprint density at radius 2 is 2.05 bits per heavy atom. The predicted octanol–water partition coefficient (Wildman–Crippen LogP) is 3.22. The van der Waals surface area contributed by atoms with Gasteiger partial charge in [0.1, 0.15) is 5.92 Å². The highest BCUT2D eigenvalue weighted by atomic mass is 35.5. The van der Waals surface area contributed by atoms with Crippen LogP contribution in [0.3, 0.4) is 0 Å². The van der Waals surface area contributed by atoms with Crippen LogP contribution in [0.15, 0.2) is 30.6 Å². The van der Waals surface area contributed by atoms with Crippen molar-refractivity contribution in [2.45, 2.75) is 5.92 Å². The van der Waals surface area contributed by atoms with Gasteiger partial charge in [-0.2, -0.15) is 5.26 Å². The Labute approximate surface area is 120 Å². The average Bonchev–Trinajstić information content (AvgIpc) is 2.79. The molecular weight excluding hydrogens is 285 g/mol. The molecule has 0 aliphatic carbocycles. The molecule has 0 aliphatic rings. The Morgan fingerprint density at radius 3 is 2.53 bits per heavy atom. The number of nitriles is 1. The molecule has 0 saturated carbocycles. The van der Waals surface area contributed by atoms with E-state index in [1.165, 1.54) is 6.20 Å². The number of carbonyl (C=O) groups excluding carboxylic acids is 1. The topological polar surface area (TPSA) is 58.7 Å². The van der Waals surface area contributed by atoms with Gasteiger partial charge in [-0.15, -0.1) is 0 Å². The lowest BCUT2D eigenvalue weighted by Crippen LogP contribution is -2.16. The average molecular weight is 294 g/mol. The Balaban J connectivity index is 2.50. The molecule has 6 heteroatoms. The van der Waals surface area contributed by atoms with Crippen LogP contribution in [0.25, 0.3) is 0 Å². The van der Waals surface area contributed by atoms with Crippen molar-refractivity contribution in [3.8, 4) is 6.07 Å². The van der Waals surface area contributed by atoms with E-state index in [1.807, 2.05) is 6.07 Å². The van der Waals surface area contributed by atoms with Crippen LogP contribution >= 0.6 is 23.2 Å². The molecule has 0 saturated heterocycles. The Kier molecular flexibility index (Phi) is 3.89. The van der Waals surface area contributed by atoms with Crippen LogP contribution in [0.5, 0.6) is 0 Å². The number of carbonyl (C=O) groups is 1. The van der Waals surface area contributed by atoms with Crippen molar-refractivity contribution in [3.05, 3.63) is 52.0 Å². The van der Waals surface area contributed by atoms with E-state index in [2.05, 4.69) is 4.98 Å². The minimum atomic E-state index is -1.07. The van der Waals surface area contributed by atoms with Gasteiger partial charge in [0.05, 0.1) is 6.07 Å². The SMILES string of the molecule is Cn1ccnc1C(=O)C(C#N)c1c(Cl)cccc1Cl. The maximum atomic E-state index is 12.3. The van der Waals surface area contributed by atoms with E-state index in [0.717, 1.165) is 0 Å². The third-order valence-corrected chi connectivity index (χ3v) is 3.38. The molecule has 0 radical (unpaired) electrons. The van der Waals surface area contributed by atoms with Gasteiger partial charge < -0.3 is 4.57 Å². The number of hydrogen-bond acceptors (Lipinski definition) is 3. The van der Waals surface area contributed by atoms with E-state index in [4.69, 9.17) is 23.2 Å². The largest absolute Gasteiger partial charge is 0.332 e. The number of hydrogen-bond donors (Lipinski definition) is 0. The third kappa shape index (κ3) is 2.48. The Bertz CT molecular complexity index is 653. The van der Waals surface area contributed by atoms with Crippen molar-refractivity contribution in [1.29, 1.82) is 5.26 Å². The smallest absolute Gasteiger partial charge is 0.219 e. The number of Topliss-reactive ketones (excluding diaryl/α,β-unsaturated/α-hetero) is 1. The number of rotatable bonds is 3. The fourth-order valence-corrected chi connectivity index (χ4v) is 2.39. The summed E-state index contributed by atoms with van der Waals surface area (Å²) in [5.74, 6) is -1.30. The van der Waals surface area contributed by atoms with Crippen LogP contribution in [0.4, 0.5) is 0 Å². The highest BCUT2D eigenvalue weighted by Gasteiger charge is 2.28. The zero-order chi connectivity index (χ0) is 14.0. The van der Waals surface area contributed by atoms with Gasteiger partial charge in [-0.25, -0.2) is 4.98 Å². The van der Waals surface area contributed by atoms with Crippen molar-refractivity contribution in [3.63, 3.8) is 0 Å². The Hall–Kier alpha value is -1.83. The number of imidazole rings is 1. The minimum absolute atomic E-state index is 0.197. The number of aryl methyl sites for hydroxylation is 1. The van der Waals surface area contributed by atoms with Gasteiger partial charge in [-0.1, -0.05) is 29.3 Å². The van der Waals surface area contributed by atoms with Crippen molar-refractivity contribution >= 4 is 29.0 Å². The summed E-state index contributed by atoms with van der Waals surface area (Å²) in [6, 6.07) is 6.80. The van der Waals surface area contributed by atoms with E-state index >= 15 is 0 Å². The summed E-state index contributed by atoms with van der Waals surface area (Å²) in [6.45, 7) is 0. The molecule has 0 spiro atoms. The van der Waals surface area contributed by atoms with Gasteiger partial charge in [0.15, 0.2) is 5.82 Å². The molecule has 1 atom stereocenters. The first-order valence-corrected chi connectivity index (χ1v) is 6.17. The summed E-state index contributed by atoms with van der Waals surface area (Å²) in [7, 11) is 1.68. The van der Waals surface area contributed by atoms with Crippen LogP contribution in [-0.2, 0) is 7.05 Å². The van der Waals surface area contributed by atoms with Gasteiger partial charge in [-0.3, -0.25) is 4.79 Å². The standard InChI is InChI=1S/C13H9Cl2N3O/c1-18-6-5-17-13(18)12(19)8(7-16)11-9(14)3-2-4-10(11)15/h2-6,8H,1H3. The first kappa shape index (κ1) is 13.6. The first-order valence-electron chi connectivity index (χ1n) is 5.41. The minimum Gasteiger partial charge on any atom is -0.332 e. The van der Waals surface area contributed by atoms with Gasteiger partial charge in [0.2, 0.25) is 5.78 Å². The van der Waals surface area contributed by atoms with Crippen molar-refractivity contribution < 1.29 is 4.79 Å². The van der Waals surface area contributed by atoms with Gasteiger partial charge in [0.25, 0.3) is 0 Å². The fourth-order valence-electron chi connectivity index (χ4n) is 1.77. The lowest BCUT2D eigenvalue weighted by molar-refractivity contribution is 0.0966. The van der Waals surface area contributed by atoms with Crippen molar-refractivity contribution in [2.24, 2.45) is 7.05 Å². The lowest BCUT2D eigenvalue weighted by Gasteiger charge is -2.12. The van der Waals surface area contributed by atoms with Gasteiger partial charge in [-0.05, 0) is 12.1 Å². The van der Waals surface area contributed by atoms with E-state index in [9.17, 15) is 10.1 Å². The molecule has 1 heterocycles. The number of nitrogens with zero attached hydrogens (tertiary/aromatic N) is 3. The number of ketones is 1. The molecule has 1 aromatic heterocycles. The molecule has 1 unspecified atom stereocenters. The number of halogens is 2. The van der Waals surface area contributed by atoms with E-state index in [-0.39, 0.29) is 5.82 Å². The highest BCUT2D eigenvalue weighted by molar-refractivity contribution is 6.36. The summed E-state index contributed by atoms with van der Waals surface area (Å²) in [5, 5.41) is 9.85. The Morgan fingerprint density at radius 1 is 1.42 bits per heavy atom. The molecule has 0 bridgehead atoms. The predicted molar refractivity (Wildman–Crippen MR) is 72.4 cm³/mol. The molecule has 0 aliphatic heterocycles. The summed E-state index contributed by atoms with van der Waals surface area (Å²) in [4.78, 5) is 16.3. The van der Waals surface area contributed by atoms with E-state index < -0.39 is 11.7 Å². The summed E-state index contributed by atoms with van der Waals surface area (Å²) in [5.41, 5.74) is 0.321. The number of benzene rings is 1. The zero-order valence-corrected chi connectivity index (χ0v) is 11.5. The molecule has 19 heavy (non-hydrogen) atoms. The highest BCUT2D eigenvalue weighted by Crippen LogP contribution is 2.32. The monoisotopic (exact) mass is 293 g/mol. The zero-order valence-electron chi connectivity index (χ0n) is 9.97. The molecule has 2 aromatic rings. The quantitative estimate of drug-likeness (QED) is 0.817. The molecule has 0 N–H and O–H groups in total. The lowest BCUT2D eigenvalue weighted by atomic mass is 9.95. The van der Waals surface area contributed by atoms with Crippen LogP contribution in [-0.4, -0.2) is 15.3 Å². The fraction of sp³-hybridized carbons (Fsp3) is 0.154. The second-order valence-electron chi connectivity index (χ2n) is 3.92. The molecule has 96 valence electrons. The van der Waals surface area contributed by atoms with Gasteiger partial charge >= 0.3 is 0 Å². The molecule has 4 nitrogen and oxygen atoms in total. The van der Waals surface area contributed by atoms with Crippen molar-refractivity contribution in [1.82, 2.24) is 9.55 Å². The number of aromatic nitrogens is 2.